The number of anilines is 1. The van der Waals surface area contributed by atoms with E-state index in [1.54, 1.807) is 24.3 Å². The molecular weight excluding hydrogens is 453 g/mol. The Kier molecular flexibility index (Phi) is 5.02. The first kappa shape index (κ1) is 16.1. The Morgan fingerprint density at radius 3 is 2.45 bits per heavy atom. The fourth-order valence-corrected chi connectivity index (χ4v) is 4.44. The van der Waals surface area contributed by atoms with Crippen LogP contribution in [0.2, 0.25) is 10.0 Å². The molecule has 0 atom stereocenters. The average molecular weight is 460 g/mol. The summed E-state index contributed by atoms with van der Waals surface area (Å²) in [6.07, 6.45) is 0. The molecule has 3 nitrogen and oxygen atoms in total. The summed E-state index contributed by atoms with van der Waals surface area (Å²) in [6, 6.07) is 9.59. The molecule has 106 valence electrons. The third-order valence-electron chi connectivity index (χ3n) is 2.38. The molecule has 2 aromatic carbocycles. The third-order valence-corrected chi connectivity index (χ3v) is 6.05. The molecule has 0 fully saturated rings. The highest BCUT2D eigenvalue weighted by Crippen LogP contribution is 2.33. The van der Waals surface area contributed by atoms with Crippen LogP contribution in [0, 0.1) is 0 Å². The molecule has 0 heterocycles. The van der Waals surface area contributed by atoms with E-state index in [4.69, 9.17) is 23.2 Å². The molecule has 0 aromatic heterocycles. The van der Waals surface area contributed by atoms with Crippen LogP contribution in [0.4, 0.5) is 5.69 Å². The lowest BCUT2D eigenvalue weighted by Crippen LogP contribution is -2.14. The van der Waals surface area contributed by atoms with Crippen molar-refractivity contribution in [1.82, 2.24) is 0 Å². The van der Waals surface area contributed by atoms with E-state index in [1.165, 1.54) is 12.1 Å². The molecule has 0 saturated carbocycles. The van der Waals surface area contributed by atoms with Crippen molar-refractivity contribution in [3.63, 3.8) is 0 Å². The molecule has 0 aliphatic heterocycles. The fourth-order valence-electron chi connectivity index (χ4n) is 1.47. The van der Waals surface area contributed by atoms with Crippen LogP contribution in [-0.4, -0.2) is 8.42 Å². The van der Waals surface area contributed by atoms with Gasteiger partial charge in [0.15, 0.2) is 0 Å². The van der Waals surface area contributed by atoms with Crippen LogP contribution in [-0.2, 0) is 10.0 Å². The number of benzene rings is 2. The van der Waals surface area contributed by atoms with E-state index in [1.807, 2.05) is 0 Å². The minimum atomic E-state index is -3.78. The normalized spacial score (nSPS) is 11.4. The van der Waals surface area contributed by atoms with Crippen molar-refractivity contribution in [2.24, 2.45) is 0 Å². The maximum Gasteiger partial charge on any atom is 0.263 e. The minimum absolute atomic E-state index is 0.0999. The summed E-state index contributed by atoms with van der Waals surface area (Å²) in [4.78, 5) is 0.0999. The van der Waals surface area contributed by atoms with Gasteiger partial charge in [-0.2, -0.15) is 0 Å². The first-order valence-electron chi connectivity index (χ1n) is 5.23. The van der Waals surface area contributed by atoms with Gasteiger partial charge >= 0.3 is 0 Å². The summed E-state index contributed by atoms with van der Waals surface area (Å²) < 4.78 is 28.3. The summed E-state index contributed by atoms with van der Waals surface area (Å²) in [6.45, 7) is 0. The lowest BCUT2D eigenvalue weighted by molar-refractivity contribution is 0.600. The van der Waals surface area contributed by atoms with Gasteiger partial charge < -0.3 is 0 Å². The molecule has 0 radical (unpaired) electrons. The van der Waals surface area contributed by atoms with Crippen molar-refractivity contribution >= 4 is 70.8 Å². The van der Waals surface area contributed by atoms with E-state index in [0.29, 0.717) is 8.95 Å². The highest BCUT2D eigenvalue weighted by atomic mass is 79.9. The molecule has 8 heteroatoms. The van der Waals surface area contributed by atoms with E-state index in [2.05, 4.69) is 36.6 Å². The largest absolute Gasteiger partial charge is 0.278 e. The zero-order valence-corrected chi connectivity index (χ0v) is 15.2. The Balaban J connectivity index is 2.46. The maximum absolute atomic E-state index is 12.4. The second-order valence-electron chi connectivity index (χ2n) is 3.78. The van der Waals surface area contributed by atoms with Crippen molar-refractivity contribution in [3.8, 4) is 0 Å². The first-order valence-corrected chi connectivity index (χ1v) is 9.05. The number of halogens is 4. The van der Waals surface area contributed by atoms with Gasteiger partial charge in [0, 0.05) is 8.95 Å². The summed E-state index contributed by atoms with van der Waals surface area (Å²) >= 11 is 18.3. The van der Waals surface area contributed by atoms with E-state index < -0.39 is 10.0 Å². The van der Waals surface area contributed by atoms with Crippen LogP contribution in [0.5, 0.6) is 0 Å². The van der Waals surface area contributed by atoms with Crippen LogP contribution in [0.15, 0.2) is 50.2 Å². The summed E-state index contributed by atoms with van der Waals surface area (Å²) in [5.74, 6) is 0. The Morgan fingerprint density at radius 2 is 1.75 bits per heavy atom. The second-order valence-corrected chi connectivity index (χ2v) is 7.99. The number of hydrogen-bond donors (Lipinski definition) is 1. The molecule has 2 rings (SSSR count). The van der Waals surface area contributed by atoms with Crippen molar-refractivity contribution < 1.29 is 8.42 Å². The number of hydrogen-bond acceptors (Lipinski definition) is 2. The smallest absolute Gasteiger partial charge is 0.263 e. The SMILES string of the molecule is O=S(=O)(Nc1cccc(Cl)c1Cl)c1cc(Br)ccc1Br. The Hall–Kier alpha value is -0.270. The van der Waals surface area contributed by atoms with E-state index in [-0.39, 0.29) is 20.6 Å². The summed E-state index contributed by atoms with van der Waals surface area (Å²) in [5.41, 5.74) is 0.228. The highest BCUT2D eigenvalue weighted by molar-refractivity contribution is 9.11. The molecule has 20 heavy (non-hydrogen) atoms. The zero-order valence-electron chi connectivity index (χ0n) is 9.70. The predicted molar refractivity (Wildman–Crippen MR) is 89.1 cm³/mol. The quantitative estimate of drug-likeness (QED) is 0.675. The van der Waals surface area contributed by atoms with Crippen LogP contribution in [0.1, 0.15) is 0 Å². The van der Waals surface area contributed by atoms with Crippen LogP contribution in [0.25, 0.3) is 0 Å². The lowest BCUT2D eigenvalue weighted by Gasteiger charge is -2.11. The Morgan fingerprint density at radius 1 is 1.05 bits per heavy atom. The van der Waals surface area contributed by atoms with E-state index in [0.717, 1.165) is 0 Å². The van der Waals surface area contributed by atoms with Gasteiger partial charge in [-0.3, -0.25) is 4.72 Å². The Bertz CT molecular complexity index is 766. The van der Waals surface area contributed by atoms with Crippen LogP contribution < -0.4 is 4.72 Å². The van der Waals surface area contributed by atoms with E-state index >= 15 is 0 Å². The monoisotopic (exact) mass is 457 g/mol. The van der Waals surface area contributed by atoms with Crippen molar-refractivity contribution in [3.05, 3.63) is 55.4 Å². The van der Waals surface area contributed by atoms with Gasteiger partial charge in [-0.1, -0.05) is 45.2 Å². The number of rotatable bonds is 3. The molecule has 0 aliphatic rings. The third kappa shape index (κ3) is 3.49. The first-order chi connectivity index (χ1) is 9.31. The van der Waals surface area contributed by atoms with Gasteiger partial charge in [0.05, 0.1) is 15.7 Å². The van der Waals surface area contributed by atoms with Gasteiger partial charge in [-0.25, -0.2) is 8.42 Å². The Labute approximate surface area is 143 Å². The molecular formula is C12H7Br2Cl2NO2S. The molecule has 0 amide bonds. The predicted octanol–water partition coefficient (Wildman–Crippen LogP) is 5.32. The van der Waals surface area contributed by atoms with Gasteiger partial charge in [0.25, 0.3) is 10.0 Å². The molecule has 0 unspecified atom stereocenters. The molecule has 0 saturated heterocycles. The van der Waals surface area contributed by atoms with Crippen molar-refractivity contribution in [2.75, 3.05) is 4.72 Å². The second kappa shape index (κ2) is 6.23. The molecule has 0 bridgehead atoms. The molecule has 0 aliphatic carbocycles. The highest BCUT2D eigenvalue weighted by Gasteiger charge is 2.19. The maximum atomic E-state index is 12.4. The van der Waals surface area contributed by atoms with Gasteiger partial charge in [0.1, 0.15) is 4.90 Å². The average Bonchev–Trinajstić information content (AvgIpc) is 2.37. The molecule has 2 aromatic rings. The fraction of sp³-hybridized carbons (Fsp3) is 0. The van der Waals surface area contributed by atoms with E-state index in [9.17, 15) is 8.42 Å². The topological polar surface area (TPSA) is 46.2 Å². The van der Waals surface area contributed by atoms with Gasteiger partial charge in [-0.15, -0.1) is 0 Å². The van der Waals surface area contributed by atoms with Crippen LogP contribution in [0.3, 0.4) is 0 Å². The van der Waals surface area contributed by atoms with Crippen molar-refractivity contribution in [1.29, 1.82) is 0 Å². The minimum Gasteiger partial charge on any atom is -0.278 e. The number of sulfonamides is 1. The number of nitrogens with one attached hydrogen (secondary N) is 1. The van der Waals surface area contributed by atoms with Gasteiger partial charge in [-0.05, 0) is 46.3 Å². The molecule has 1 N–H and O–H groups in total. The molecule has 0 spiro atoms. The zero-order chi connectivity index (χ0) is 14.9. The summed E-state index contributed by atoms with van der Waals surface area (Å²) in [5, 5.41) is 0.434. The van der Waals surface area contributed by atoms with Gasteiger partial charge in [0.2, 0.25) is 0 Å². The van der Waals surface area contributed by atoms with Crippen molar-refractivity contribution in [2.45, 2.75) is 4.90 Å². The lowest BCUT2D eigenvalue weighted by atomic mass is 10.3. The summed E-state index contributed by atoms with van der Waals surface area (Å²) in [7, 11) is -3.78. The standard InChI is InChI=1S/C12H7Br2Cl2NO2S/c13-7-4-5-8(14)11(6-7)20(18,19)17-10-3-1-2-9(15)12(10)16/h1-6,17H. The van der Waals surface area contributed by atoms with Crippen LogP contribution >= 0.6 is 55.1 Å².